The van der Waals surface area contributed by atoms with Gasteiger partial charge in [-0.2, -0.15) is 13.5 Å². The molecule has 0 bridgehead atoms. The highest BCUT2D eigenvalue weighted by molar-refractivity contribution is 7.89. The molecule has 2 heterocycles. The fourth-order valence-electron chi connectivity index (χ4n) is 5.21. The molecule has 1 saturated heterocycles. The molecule has 10 heteroatoms. The van der Waals surface area contributed by atoms with Crippen molar-refractivity contribution in [2.75, 3.05) is 32.8 Å². The molecule has 0 unspecified atom stereocenters. The maximum atomic E-state index is 13.5. The summed E-state index contributed by atoms with van der Waals surface area (Å²) in [6.45, 7) is 6.50. The smallest absolute Gasteiger partial charge is 0.343 e. The summed E-state index contributed by atoms with van der Waals surface area (Å²) in [6.07, 6.45) is 0. The Balaban J connectivity index is 1.63. The minimum Gasteiger partial charge on any atom is -0.507 e. The van der Waals surface area contributed by atoms with Crippen molar-refractivity contribution in [3.05, 3.63) is 106 Å². The number of aryl methyl sites for hydroxylation is 1. The molecule has 0 saturated carbocycles. The Labute approximate surface area is 239 Å². The van der Waals surface area contributed by atoms with E-state index >= 15 is 0 Å². The average Bonchev–Trinajstić information content (AvgIpc) is 2.98. The summed E-state index contributed by atoms with van der Waals surface area (Å²) in [6, 6.07) is 22.7. The highest BCUT2D eigenvalue weighted by Gasteiger charge is 2.35. The van der Waals surface area contributed by atoms with Gasteiger partial charge in [0.1, 0.15) is 11.3 Å². The molecule has 9 nitrogen and oxygen atoms in total. The molecule has 0 amide bonds. The SMILES string of the molecule is C/C(=N\NS(=O)(=O)c1ccc(C)cc1)[C@@H](CN1CCOCC1)[C@@H](c1ccccc1)c1c(O)c2ccccc2oc1=O. The largest absolute Gasteiger partial charge is 0.507 e. The van der Waals surface area contributed by atoms with E-state index in [1.165, 1.54) is 12.1 Å². The molecule has 0 aliphatic carbocycles. The van der Waals surface area contributed by atoms with Crippen LogP contribution in [0.25, 0.3) is 11.0 Å². The van der Waals surface area contributed by atoms with Gasteiger partial charge in [-0.25, -0.2) is 9.63 Å². The van der Waals surface area contributed by atoms with Crippen molar-refractivity contribution in [2.24, 2.45) is 11.0 Å². The number of benzene rings is 3. The Morgan fingerprint density at radius 2 is 1.66 bits per heavy atom. The first-order chi connectivity index (χ1) is 19.7. The van der Waals surface area contributed by atoms with E-state index in [2.05, 4.69) is 14.8 Å². The molecule has 5 rings (SSSR count). The van der Waals surface area contributed by atoms with Crippen molar-refractivity contribution in [3.8, 4) is 5.75 Å². The van der Waals surface area contributed by atoms with Gasteiger partial charge in [0, 0.05) is 37.2 Å². The Morgan fingerprint density at radius 1 is 1.00 bits per heavy atom. The first-order valence-corrected chi connectivity index (χ1v) is 15.0. The second-order valence-corrected chi connectivity index (χ2v) is 11.9. The van der Waals surface area contributed by atoms with Crippen molar-refractivity contribution in [1.29, 1.82) is 0 Å². The van der Waals surface area contributed by atoms with Gasteiger partial charge in [0.15, 0.2) is 0 Å². The number of hydrogen-bond donors (Lipinski definition) is 2. The fraction of sp³-hybridized carbons (Fsp3) is 0.290. The number of fused-ring (bicyclic) bond motifs is 1. The van der Waals surface area contributed by atoms with Crippen LogP contribution in [0.2, 0.25) is 0 Å². The highest BCUT2D eigenvalue weighted by Crippen LogP contribution is 2.39. The summed E-state index contributed by atoms with van der Waals surface area (Å²) < 4.78 is 37.4. The summed E-state index contributed by atoms with van der Waals surface area (Å²) in [5.41, 5.74) is 1.88. The molecule has 1 fully saturated rings. The molecule has 214 valence electrons. The van der Waals surface area contributed by atoms with Crippen LogP contribution >= 0.6 is 0 Å². The quantitative estimate of drug-likeness (QED) is 0.174. The zero-order valence-electron chi connectivity index (χ0n) is 23.0. The van der Waals surface area contributed by atoms with Gasteiger partial charge in [-0.1, -0.05) is 60.2 Å². The number of ether oxygens (including phenoxy) is 1. The van der Waals surface area contributed by atoms with Gasteiger partial charge in [0.05, 0.1) is 29.1 Å². The third-order valence-electron chi connectivity index (χ3n) is 7.46. The van der Waals surface area contributed by atoms with E-state index in [0.29, 0.717) is 43.9 Å². The minimum atomic E-state index is -3.94. The van der Waals surface area contributed by atoms with E-state index < -0.39 is 27.5 Å². The fourth-order valence-corrected chi connectivity index (χ4v) is 6.07. The number of hydrazone groups is 1. The van der Waals surface area contributed by atoms with Gasteiger partial charge in [-0.05, 0) is 43.7 Å². The average molecular weight is 576 g/mol. The Kier molecular flexibility index (Phi) is 8.53. The lowest BCUT2D eigenvalue weighted by atomic mass is 9.78. The van der Waals surface area contributed by atoms with Gasteiger partial charge in [-0.3, -0.25) is 4.90 Å². The van der Waals surface area contributed by atoms with Gasteiger partial charge in [0.25, 0.3) is 10.0 Å². The first kappa shape index (κ1) is 28.5. The van der Waals surface area contributed by atoms with E-state index in [4.69, 9.17) is 9.15 Å². The van der Waals surface area contributed by atoms with Gasteiger partial charge < -0.3 is 14.3 Å². The molecule has 41 heavy (non-hydrogen) atoms. The molecule has 0 radical (unpaired) electrons. The number of morpholine rings is 1. The van der Waals surface area contributed by atoms with Crippen molar-refractivity contribution in [2.45, 2.75) is 24.7 Å². The van der Waals surface area contributed by atoms with Crippen LogP contribution in [-0.4, -0.2) is 57.0 Å². The molecule has 1 aliphatic heterocycles. The van der Waals surface area contributed by atoms with Crippen molar-refractivity contribution >= 4 is 26.7 Å². The lowest BCUT2D eigenvalue weighted by molar-refractivity contribution is 0.0335. The molecule has 4 aromatic rings. The molecule has 2 atom stereocenters. The lowest BCUT2D eigenvalue weighted by Gasteiger charge is -2.34. The van der Waals surface area contributed by atoms with E-state index in [1.54, 1.807) is 43.3 Å². The second-order valence-electron chi connectivity index (χ2n) is 10.2. The van der Waals surface area contributed by atoms with Crippen LogP contribution in [0.15, 0.2) is 98.1 Å². The van der Waals surface area contributed by atoms with Gasteiger partial charge in [-0.15, -0.1) is 0 Å². The van der Waals surface area contributed by atoms with E-state index in [9.17, 15) is 18.3 Å². The van der Waals surface area contributed by atoms with Crippen LogP contribution in [-0.2, 0) is 14.8 Å². The predicted octanol–water partition coefficient (Wildman–Crippen LogP) is 4.24. The van der Waals surface area contributed by atoms with Crippen LogP contribution in [0.3, 0.4) is 0 Å². The topological polar surface area (TPSA) is 121 Å². The first-order valence-electron chi connectivity index (χ1n) is 13.5. The maximum absolute atomic E-state index is 13.5. The van der Waals surface area contributed by atoms with Crippen molar-refractivity contribution in [1.82, 2.24) is 9.73 Å². The van der Waals surface area contributed by atoms with Crippen LogP contribution in [0.1, 0.15) is 29.5 Å². The summed E-state index contributed by atoms with van der Waals surface area (Å²) in [7, 11) is -3.94. The summed E-state index contributed by atoms with van der Waals surface area (Å²) in [5.74, 6) is -1.36. The molecule has 0 spiro atoms. The maximum Gasteiger partial charge on any atom is 0.343 e. The third-order valence-corrected chi connectivity index (χ3v) is 8.69. The number of hydrogen-bond acceptors (Lipinski definition) is 8. The van der Waals surface area contributed by atoms with Crippen LogP contribution in [0.4, 0.5) is 0 Å². The number of rotatable bonds is 9. The van der Waals surface area contributed by atoms with Crippen LogP contribution in [0.5, 0.6) is 5.75 Å². The molecule has 2 N–H and O–H groups in total. The van der Waals surface area contributed by atoms with Crippen molar-refractivity contribution in [3.63, 3.8) is 0 Å². The molecular weight excluding hydrogens is 542 g/mol. The monoisotopic (exact) mass is 575 g/mol. The molecule has 3 aromatic carbocycles. The predicted molar refractivity (Wildman–Crippen MR) is 158 cm³/mol. The number of para-hydroxylation sites is 1. The van der Waals surface area contributed by atoms with Crippen molar-refractivity contribution < 1.29 is 22.7 Å². The Hall–Kier alpha value is -3.99. The lowest BCUT2D eigenvalue weighted by Crippen LogP contribution is -2.43. The van der Waals surface area contributed by atoms with Gasteiger partial charge in [0.2, 0.25) is 0 Å². The third kappa shape index (κ3) is 6.35. The zero-order chi connectivity index (χ0) is 29.0. The van der Waals surface area contributed by atoms with Gasteiger partial charge >= 0.3 is 5.63 Å². The number of aromatic hydroxyl groups is 1. The Bertz CT molecular complexity index is 1700. The van der Waals surface area contributed by atoms with E-state index in [1.807, 2.05) is 37.3 Å². The second kappa shape index (κ2) is 12.3. The highest BCUT2D eigenvalue weighted by atomic mass is 32.2. The van der Waals surface area contributed by atoms with Crippen LogP contribution in [0, 0.1) is 12.8 Å². The standard InChI is InChI=1S/C31H33N3O6S/c1-21-12-14-24(15-13-21)41(37,38)33-32-22(2)26(20-34-16-18-39-19-17-34)28(23-8-4-3-5-9-23)29-30(35)25-10-6-7-11-27(25)40-31(29)36/h3-15,26,28,33,35H,16-20H2,1-2H3/b32-22+/t26-,28-/m1/s1. The summed E-state index contributed by atoms with van der Waals surface area (Å²) >= 11 is 0. The normalized spacial score (nSPS) is 16.4. The summed E-state index contributed by atoms with van der Waals surface area (Å²) in [4.78, 5) is 18.2. The Morgan fingerprint density at radius 3 is 2.37 bits per heavy atom. The van der Waals surface area contributed by atoms with Crippen LogP contribution < -0.4 is 10.5 Å². The number of sulfonamides is 1. The summed E-state index contributed by atoms with van der Waals surface area (Å²) in [5, 5.41) is 16.3. The van der Waals surface area contributed by atoms with E-state index in [0.717, 1.165) is 11.1 Å². The number of nitrogens with zero attached hydrogens (tertiary/aromatic N) is 2. The molecule has 1 aromatic heterocycles. The van der Waals surface area contributed by atoms with E-state index in [-0.39, 0.29) is 21.8 Å². The number of nitrogens with one attached hydrogen (secondary N) is 1. The zero-order valence-corrected chi connectivity index (χ0v) is 23.8. The molecular formula is C31H33N3O6S. The molecule has 1 aliphatic rings. The minimum absolute atomic E-state index is 0.0943.